The Morgan fingerprint density at radius 3 is 2.85 bits per heavy atom. The fourth-order valence-corrected chi connectivity index (χ4v) is 1.74. The van der Waals surface area contributed by atoms with Gasteiger partial charge < -0.3 is 9.72 Å². The van der Waals surface area contributed by atoms with Crippen LogP contribution >= 0.6 is 11.6 Å². The molecule has 2 rings (SSSR count). The van der Waals surface area contributed by atoms with Crippen LogP contribution in [0.25, 0.3) is 10.9 Å². The Morgan fingerprint density at radius 1 is 1.38 bits per heavy atom. The van der Waals surface area contributed by atoms with Crippen molar-refractivity contribution in [1.82, 2.24) is 4.98 Å². The first-order valence-electron chi connectivity index (χ1n) is 4.04. The molecule has 2 aromatic rings. The molecule has 0 aliphatic heterocycles. The molecule has 0 amide bonds. The van der Waals surface area contributed by atoms with Crippen molar-refractivity contribution in [2.45, 2.75) is 6.92 Å². The molecule has 2 nitrogen and oxygen atoms in total. The van der Waals surface area contributed by atoms with Gasteiger partial charge in [-0.2, -0.15) is 0 Å². The van der Waals surface area contributed by atoms with E-state index in [2.05, 4.69) is 11.1 Å². The summed E-state index contributed by atoms with van der Waals surface area (Å²) in [5.74, 6) is 0.705. The SMILES string of the molecule is COc1ccc2cc(C)[nH]c2c1Cl. The average Bonchev–Trinajstić information content (AvgIpc) is 2.47. The number of hydrogen-bond donors (Lipinski definition) is 1. The molecule has 0 atom stereocenters. The van der Waals surface area contributed by atoms with Crippen LogP contribution in [0.1, 0.15) is 5.69 Å². The largest absolute Gasteiger partial charge is 0.495 e. The highest BCUT2D eigenvalue weighted by Crippen LogP contribution is 2.32. The van der Waals surface area contributed by atoms with Gasteiger partial charge in [-0.3, -0.25) is 0 Å². The van der Waals surface area contributed by atoms with Gasteiger partial charge in [0.1, 0.15) is 10.8 Å². The van der Waals surface area contributed by atoms with Crippen LogP contribution in [0.2, 0.25) is 5.02 Å². The van der Waals surface area contributed by atoms with Crippen molar-refractivity contribution in [2.24, 2.45) is 0 Å². The highest BCUT2D eigenvalue weighted by atomic mass is 35.5. The van der Waals surface area contributed by atoms with Gasteiger partial charge in [0.2, 0.25) is 0 Å². The topological polar surface area (TPSA) is 25.0 Å². The molecule has 0 spiro atoms. The molecule has 1 aromatic carbocycles. The number of methoxy groups -OCH3 is 1. The lowest BCUT2D eigenvalue weighted by Crippen LogP contribution is -1.83. The highest BCUT2D eigenvalue weighted by molar-refractivity contribution is 6.36. The second kappa shape index (κ2) is 2.96. The third-order valence-corrected chi connectivity index (χ3v) is 2.43. The summed E-state index contributed by atoms with van der Waals surface area (Å²) in [6, 6.07) is 5.92. The summed E-state index contributed by atoms with van der Waals surface area (Å²) in [6.45, 7) is 2.00. The summed E-state index contributed by atoms with van der Waals surface area (Å²) < 4.78 is 5.11. The van der Waals surface area contributed by atoms with E-state index in [0.29, 0.717) is 10.8 Å². The molecule has 0 unspecified atom stereocenters. The van der Waals surface area contributed by atoms with Crippen LogP contribution in [0.15, 0.2) is 18.2 Å². The average molecular weight is 196 g/mol. The van der Waals surface area contributed by atoms with Crippen LogP contribution in [-0.2, 0) is 0 Å². The van der Waals surface area contributed by atoms with Gasteiger partial charge in [-0.1, -0.05) is 11.6 Å². The molecule has 0 aliphatic carbocycles. The minimum Gasteiger partial charge on any atom is -0.495 e. The van der Waals surface area contributed by atoms with E-state index in [-0.39, 0.29) is 0 Å². The number of hydrogen-bond acceptors (Lipinski definition) is 1. The molecule has 0 bridgehead atoms. The third-order valence-electron chi connectivity index (χ3n) is 2.05. The fourth-order valence-electron chi connectivity index (χ4n) is 1.44. The number of aromatic nitrogens is 1. The number of ether oxygens (including phenoxy) is 1. The van der Waals surface area contributed by atoms with Crippen molar-refractivity contribution >= 4 is 22.5 Å². The second-order valence-corrected chi connectivity index (χ2v) is 3.38. The van der Waals surface area contributed by atoms with E-state index < -0.39 is 0 Å². The van der Waals surface area contributed by atoms with E-state index in [1.165, 1.54) is 0 Å². The summed E-state index contributed by atoms with van der Waals surface area (Å²) >= 11 is 6.10. The van der Waals surface area contributed by atoms with Gasteiger partial charge in [0.15, 0.2) is 0 Å². The predicted octanol–water partition coefficient (Wildman–Crippen LogP) is 3.14. The minimum atomic E-state index is 0.646. The molecule has 3 heteroatoms. The normalized spacial score (nSPS) is 10.7. The van der Waals surface area contributed by atoms with Gasteiger partial charge in [0.25, 0.3) is 0 Å². The van der Waals surface area contributed by atoms with E-state index in [1.807, 2.05) is 19.1 Å². The fraction of sp³-hybridized carbons (Fsp3) is 0.200. The Labute approximate surface area is 81.5 Å². The van der Waals surface area contributed by atoms with Crippen LogP contribution in [-0.4, -0.2) is 12.1 Å². The van der Waals surface area contributed by atoms with Crippen LogP contribution in [0.3, 0.4) is 0 Å². The van der Waals surface area contributed by atoms with Gasteiger partial charge >= 0.3 is 0 Å². The number of halogens is 1. The zero-order valence-corrected chi connectivity index (χ0v) is 8.27. The van der Waals surface area contributed by atoms with E-state index >= 15 is 0 Å². The quantitative estimate of drug-likeness (QED) is 0.743. The minimum absolute atomic E-state index is 0.646. The van der Waals surface area contributed by atoms with Crippen molar-refractivity contribution in [2.75, 3.05) is 7.11 Å². The maximum absolute atomic E-state index is 6.10. The molecule has 0 aliphatic rings. The number of H-pyrrole nitrogens is 1. The maximum Gasteiger partial charge on any atom is 0.139 e. The van der Waals surface area contributed by atoms with Crippen molar-refractivity contribution in [3.05, 3.63) is 28.9 Å². The second-order valence-electron chi connectivity index (χ2n) is 3.00. The summed E-state index contributed by atoms with van der Waals surface area (Å²) in [5.41, 5.74) is 2.05. The Balaban J connectivity index is 2.78. The van der Waals surface area contributed by atoms with Gasteiger partial charge in [-0.25, -0.2) is 0 Å². The van der Waals surface area contributed by atoms with Crippen molar-refractivity contribution in [3.63, 3.8) is 0 Å². The van der Waals surface area contributed by atoms with Crippen LogP contribution < -0.4 is 4.74 Å². The van der Waals surface area contributed by atoms with Crippen LogP contribution in [0.4, 0.5) is 0 Å². The van der Waals surface area contributed by atoms with E-state index in [4.69, 9.17) is 16.3 Å². The van der Waals surface area contributed by atoms with Gasteiger partial charge in [0.05, 0.1) is 12.6 Å². The molecule has 0 saturated carbocycles. The van der Waals surface area contributed by atoms with E-state index in [0.717, 1.165) is 16.6 Å². The molecular weight excluding hydrogens is 186 g/mol. The molecular formula is C10H10ClNO. The smallest absolute Gasteiger partial charge is 0.139 e. The molecule has 68 valence electrons. The summed E-state index contributed by atoms with van der Waals surface area (Å²) in [6.07, 6.45) is 0. The van der Waals surface area contributed by atoms with E-state index in [1.54, 1.807) is 7.11 Å². The number of aromatic amines is 1. The zero-order chi connectivity index (χ0) is 9.42. The number of rotatable bonds is 1. The number of aryl methyl sites for hydroxylation is 1. The summed E-state index contributed by atoms with van der Waals surface area (Å²) in [5, 5.41) is 1.76. The monoisotopic (exact) mass is 195 g/mol. The molecule has 13 heavy (non-hydrogen) atoms. The first-order chi connectivity index (χ1) is 6.22. The summed E-state index contributed by atoms with van der Waals surface area (Å²) in [4.78, 5) is 3.19. The number of nitrogens with one attached hydrogen (secondary N) is 1. The molecule has 0 saturated heterocycles. The zero-order valence-electron chi connectivity index (χ0n) is 7.52. The van der Waals surface area contributed by atoms with Gasteiger partial charge in [-0.15, -0.1) is 0 Å². The predicted molar refractivity (Wildman–Crippen MR) is 54.6 cm³/mol. The lowest BCUT2D eigenvalue weighted by atomic mass is 10.2. The van der Waals surface area contributed by atoms with Crippen molar-refractivity contribution in [3.8, 4) is 5.75 Å². The Kier molecular flexibility index (Phi) is 1.93. The Morgan fingerprint density at radius 2 is 2.15 bits per heavy atom. The molecule has 1 aromatic heterocycles. The molecule has 0 fully saturated rings. The Bertz CT molecular complexity index is 447. The van der Waals surface area contributed by atoms with Gasteiger partial charge in [-0.05, 0) is 25.1 Å². The van der Waals surface area contributed by atoms with Crippen LogP contribution in [0.5, 0.6) is 5.75 Å². The molecule has 1 heterocycles. The molecule has 0 radical (unpaired) electrons. The lowest BCUT2D eigenvalue weighted by molar-refractivity contribution is 0.415. The third kappa shape index (κ3) is 1.27. The first-order valence-corrected chi connectivity index (χ1v) is 4.42. The van der Waals surface area contributed by atoms with E-state index in [9.17, 15) is 0 Å². The summed E-state index contributed by atoms with van der Waals surface area (Å²) in [7, 11) is 1.61. The Hall–Kier alpha value is -1.15. The molecule has 1 N–H and O–H groups in total. The standard InChI is InChI=1S/C10H10ClNO/c1-6-5-7-3-4-8(13-2)9(11)10(7)12-6/h3-5,12H,1-2H3. The van der Waals surface area contributed by atoms with Crippen molar-refractivity contribution in [1.29, 1.82) is 0 Å². The first kappa shape index (κ1) is 8.45. The lowest BCUT2D eigenvalue weighted by Gasteiger charge is -2.02. The van der Waals surface area contributed by atoms with Crippen molar-refractivity contribution < 1.29 is 4.74 Å². The number of fused-ring (bicyclic) bond motifs is 1. The number of benzene rings is 1. The van der Waals surface area contributed by atoms with Crippen LogP contribution in [0, 0.1) is 6.92 Å². The highest BCUT2D eigenvalue weighted by Gasteiger charge is 2.06. The maximum atomic E-state index is 6.10. The van der Waals surface area contributed by atoms with Gasteiger partial charge in [0, 0.05) is 11.1 Å².